The number of imidazole rings is 1. The van der Waals surface area contributed by atoms with Gasteiger partial charge in [0.2, 0.25) is 0 Å². The first-order valence-corrected chi connectivity index (χ1v) is 6.55. The van der Waals surface area contributed by atoms with Crippen LogP contribution in [0.25, 0.3) is 16.8 Å². The van der Waals surface area contributed by atoms with Crippen LogP contribution in [0.1, 0.15) is 0 Å². The first-order valence-electron chi connectivity index (χ1n) is 5.80. The van der Waals surface area contributed by atoms with Crippen LogP contribution in [0.4, 0.5) is 0 Å². The molecule has 0 N–H and O–H groups in total. The molecule has 0 amide bonds. The predicted molar refractivity (Wildman–Crippen MR) is 79.0 cm³/mol. The maximum absolute atomic E-state index is 6.07. The minimum Gasteiger partial charge on any atom is -0.288 e. The fourth-order valence-electron chi connectivity index (χ4n) is 1.94. The number of hydrogen-bond donors (Lipinski definition) is 0. The number of benzene rings is 2. The number of rotatable bonds is 2. The highest BCUT2D eigenvalue weighted by atomic mass is 35.5. The van der Waals surface area contributed by atoms with Crippen molar-refractivity contribution < 1.29 is 0 Å². The highest BCUT2D eigenvalue weighted by Crippen LogP contribution is 2.25. The van der Waals surface area contributed by atoms with Gasteiger partial charge in [0, 0.05) is 5.69 Å². The average Bonchev–Trinajstić information content (AvgIpc) is 2.80. The topological polar surface area (TPSA) is 17.8 Å². The fourth-order valence-corrected chi connectivity index (χ4v) is 2.26. The van der Waals surface area contributed by atoms with Gasteiger partial charge in [-0.15, -0.1) is 0 Å². The molecule has 3 aromatic rings. The molecule has 1 heterocycles. The van der Waals surface area contributed by atoms with Crippen molar-refractivity contribution in [3.63, 3.8) is 0 Å². The summed E-state index contributed by atoms with van der Waals surface area (Å²) < 4.78 is 1.75. The molecule has 0 saturated heterocycles. The van der Waals surface area contributed by atoms with Crippen LogP contribution >= 0.6 is 23.2 Å². The Morgan fingerprint density at radius 2 is 1.42 bits per heavy atom. The molecule has 0 aliphatic carbocycles. The first kappa shape index (κ1) is 12.3. The second-order valence-corrected chi connectivity index (χ2v) is 4.83. The molecule has 0 bridgehead atoms. The van der Waals surface area contributed by atoms with Gasteiger partial charge in [-0.05, 0) is 23.3 Å². The van der Waals surface area contributed by atoms with Crippen molar-refractivity contribution in [2.75, 3.05) is 0 Å². The Morgan fingerprint density at radius 1 is 0.789 bits per heavy atom. The van der Waals surface area contributed by atoms with Gasteiger partial charge in [-0.2, -0.15) is 0 Å². The van der Waals surface area contributed by atoms with Gasteiger partial charge < -0.3 is 0 Å². The van der Waals surface area contributed by atoms with Gasteiger partial charge in [0.1, 0.15) is 6.33 Å². The van der Waals surface area contributed by atoms with Crippen LogP contribution in [0.2, 0.25) is 10.3 Å². The van der Waals surface area contributed by atoms with Crippen LogP contribution in [-0.2, 0) is 0 Å². The van der Waals surface area contributed by atoms with Gasteiger partial charge in [-0.3, -0.25) is 4.57 Å². The summed E-state index contributed by atoms with van der Waals surface area (Å²) in [5, 5.41) is 0.739. The lowest BCUT2D eigenvalue weighted by atomic mass is 10.1. The van der Waals surface area contributed by atoms with Crippen LogP contribution < -0.4 is 0 Å². The van der Waals surface area contributed by atoms with Crippen LogP contribution in [0.15, 0.2) is 60.9 Å². The molecule has 0 fully saturated rings. The summed E-state index contributed by atoms with van der Waals surface area (Å²) in [6.45, 7) is 0. The van der Waals surface area contributed by atoms with Crippen LogP contribution in [-0.4, -0.2) is 9.55 Å². The Morgan fingerprint density at radius 3 is 2.00 bits per heavy atom. The van der Waals surface area contributed by atoms with Gasteiger partial charge >= 0.3 is 0 Å². The SMILES string of the molecule is Clc1ncn(-c2ccc(-c3ccccc3)cc2)c1Cl. The van der Waals surface area contributed by atoms with Gasteiger partial charge in [0.05, 0.1) is 0 Å². The van der Waals surface area contributed by atoms with Crippen LogP contribution in [0.3, 0.4) is 0 Å². The largest absolute Gasteiger partial charge is 0.288 e. The van der Waals surface area contributed by atoms with Crippen molar-refractivity contribution >= 4 is 23.2 Å². The quantitative estimate of drug-likeness (QED) is 0.659. The van der Waals surface area contributed by atoms with Crippen molar-refractivity contribution in [3.8, 4) is 16.8 Å². The molecule has 1 aromatic heterocycles. The lowest BCUT2D eigenvalue weighted by Gasteiger charge is -2.06. The predicted octanol–water partition coefficient (Wildman–Crippen LogP) is 4.85. The Bertz CT molecular complexity index is 688. The third-order valence-corrected chi connectivity index (χ3v) is 3.66. The van der Waals surface area contributed by atoms with Gasteiger partial charge in [0.15, 0.2) is 10.3 Å². The highest BCUT2D eigenvalue weighted by Gasteiger charge is 2.07. The Balaban J connectivity index is 1.98. The standard InChI is InChI=1S/C15H10Cl2N2/c16-14-15(17)19(10-18-14)13-8-6-12(7-9-13)11-4-2-1-3-5-11/h1-10H. The smallest absolute Gasteiger partial charge is 0.166 e. The summed E-state index contributed by atoms with van der Waals surface area (Å²) in [4.78, 5) is 3.97. The van der Waals surface area contributed by atoms with E-state index in [0.29, 0.717) is 10.3 Å². The summed E-state index contributed by atoms with van der Waals surface area (Å²) in [5.41, 5.74) is 3.28. The summed E-state index contributed by atoms with van der Waals surface area (Å²) in [6.07, 6.45) is 1.61. The minimum absolute atomic E-state index is 0.314. The molecule has 0 aliphatic rings. The number of halogens is 2. The monoisotopic (exact) mass is 288 g/mol. The maximum atomic E-state index is 6.07. The van der Waals surface area contributed by atoms with E-state index in [1.165, 1.54) is 5.56 Å². The number of nitrogens with zero attached hydrogens (tertiary/aromatic N) is 2. The number of hydrogen-bond acceptors (Lipinski definition) is 1. The van der Waals surface area contributed by atoms with Crippen LogP contribution in [0.5, 0.6) is 0 Å². The van der Waals surface area contributed by atoms with E-state index in [9.17, 15) is 0 Å². The molecule has 0 spiro atoms. The Kier molecular flexibility index (Phi) is 3.28. The normalized spacial score (nSPS) is 10.6. The van der Waals surface area contributed by atoms with E-state index in [1.807, 2.05) is 30.3 Å². The lowest BCUT2D eigenvalue weighted by Crippen LogP contribution is -1.91. The van der Waals surface area contributed by atoms with Crippen molar-refractivity contribution in [1.82, 2.24) is 9.55 Å². The minimum atomic E-state index is 0.314. The molecule has 0 atom stereocenters. The highest BCUT2D eigenvalue weighted by molar-refractivity contribution is 6.40. The molecule has 4 heteroatoms. The summed E-state index contributed by atoms with van der Waals surface area (Å²) in [5.74, 6) is 0. The molecule has 2 nitrogen and oxygen atoms in total. The van der Waals surface area contributed by atoms with Crippen LogP contribution in [0, 0.1) is 0 Å². The summed E-state index contributed by atoms with van der Waals surface area (Å²) in [6, 6.07) is 18.3. The Labute approximate surface area is 121 Å². The zero-order valence-electron chi connectivity index (χ0n) is 9.92. The second-order valence-electron chi connectivity index (χ2n) is 4.11. The van der Waals surface area contributed by atoms with E-state index < -0.39 is 0 Å². The van der Waals surface area contributed by atoms with E-state index in [0.717, 1.165) is 11.3 Å². The Hall–Kier alpha value is -1.77. The van der Waals surface area contributed by atoms with Crippen molar-refractivity contribution in [1.29, 1.82) is 0 Å². The molecule has 19 heavy (non-hydrogen) atoms. The fraction of sp³-hybridized carbons (Fsp3) is 0. The van der Waals surface area contributed by atoms with Gasteiger partial charge in [-0.1, -0.05) is 65.7 Å². The summed E-state index contributed by atoms with van der Waals surface area (Å²) in [7, 11) is 0. The molecule has 3 rings (SSSR count). The molecule has 2 aromatic carbocycles. The molecular weight excluding hydrogens is 279 g/mol. The van der Waals surface area contributed by atoms with E-state index in [2.05, 4.69) is 29.2 Å². The van der Waals surface area contributed by atoms with E-state index in [1.54, 1.807) is 10.9 Å². The van der Waals surface area contributed by atoms with E-state index in [4.69, 9.17) is 23.2 Å². The zero-order valence-corrected chi connectivity index (χ0v) is 11.4. The van der Waals surface area contributed by atoms with E-state index >= 15 is 0 Å². The summed E-state index contributed by atoms with van der Waals surface area (Å²) >= 11 is 11.9. The van der Waals surface area contributed by atoms with Gasteiger partial charge in [0.25, 0.3) is 0 Å². The maximum Gasteiger partial charge on any atom is 0.166 e. The van der Waals surface area contributed by atoms with Crippen molar-refractivity contribution in [2.45, 2.75) is 0 Å². The molecule has 0 aliphatic heterocycles. The zero-order chi connectivity index (χ0) is 13.2. The van der Waals surface area contributed by atoms with Crippen molar-refractivity contribution in [2.24, 2.45) is 0 Å². The first-order chi connectivity index (χ1) is 9.25. The second kappa shape index (κ2) is 5.08. The lowest BCUT2D eigenvalue weighted by molar-refractivity contribution is 1.06. The number of aromatic nitrogens is 2. The molecule has 0 radical (unpaired) electrons. The van der Waals surface area contributed by atoms with E-state index in [-0.39, 0.29) is 0 Å². The molecular formula is C15H10Cl2N2. The molecule has 0 saturated carbocycles. The third-order valence-electron chi connectivity index (χ3n) is 2.92. The van der Waals surface area contributed by atoms with Crippen molar-refractivity contribution in [3.05, 3.63) is 71.2 Å². The van der Waals surface area contributed by atoms with Gasteiger partial charge in [-0.25, -0.2) is 4.98 Å². The third kappa shape index (κ3) is 2.37. The average molecular weight is 289 g/mol. The molecule has 0 unspecified atom stereocenters. The molecule has 94 valence electrons.